The molecule has 2 N–H and O–H groups in total. The lowest BCUT2D eigenvalue weighted by atomic mass is 10.1. The molecule has 1 amide bonds. The lowest BCUT2D eigenvalue weighted by Gasteiger charge is -2.09. The monoisotopic (exact) mass is 236 g/mol. The number of rotatable bonds is 4. The number of carbonyl (C=O) groups is 1. The summed E-state index contributed by atoms with van der Waals surface area (Å²) < 4.78 is 1.70. The van der Waals surface area contributed by atoms with E-state index in [0.29, 0.717) is 12.5 Å². The van der Waals surface area contributed by atoms with Crippen LogP contribution in [0.1, 0.15) is 31.4 Å². The third-order valence-electron chi connectivity index (χ3n) is 3.15. The number of hydrogen-bond donors (Lipinski definition) is 2. The quantitative estimate of drug-likeness (QED) is 0.826. The van der Waals surface area contributed by atoms with Crippen LogP contribution >= 0.6 is 0 Å². The van der Waals surface area contributed by atoms with Crippen molar-refractivity contribution < 1.29 is 4.79 Å². The van der Waals surface area contributed by atoms with Gasteiger partial charge in [-0.15, -0.1) is 0 Å². The lowest BCUT2D eigenvalue weighted by Crippen LogP contribution is -2.24. The van der Waals surface area contributed by atoms with Crippen molar-refractivity contribution in [3.63, 3.8) is 0 Å². The highest BCUT2D eigenvalue weighted by Gasteiger charge is 2.15. The average Bonchev–Trinajstić information content (AvgIpc) is 2.87. The van der Waals surface area contributed by atoms with Gasteiger partial charge in [0.05, 0.1) is 5.69 Å². The van der Waals surface area contributed by atoms with Gasteiger partial charge in [0.2, 0.25) is 5.91 Å². The molecule has 5 heteroatoms. The standard InChI is InChI=1S/C12H20N4O/c1-9-8-11(16(2)15-9)14-12(17)6-5-10-4-3-7-13-10/h8,10,13H,3-7H2,1-2H3,(H,14,17). The molecule has 0 aliphatic carbocycles. The Kier molecular flexibility index (Phi) is 3.78. The van der Waals surface area contributed by atoms with E-state index in [9.17, 15) is 4.79 Å². The first-order valence-corrected chi connectivity index (χ1v) is 6.19. The van der Waals surface area contributed by atoms with E-state index in [1.54, 1.807) is 4.68 Å². The highest BCUT2D eigenvalue weighted by molar-refractivity contribution is 5.89. The van der Waals surface area contributed by atoms with E-state index in [1.165, 1.54) is 12.8 Å². The Labute approximate surface area is 102 Å². The molecule has 2 heterocycles. The maximum atomic E-state index is 11.8. The van der Waals surface area contributed by atoms with Crippen LogP contribution in [0.15, 0.2) is 6.07 Å². The van der Waals surface area contributed by atoms with E-state index < -0.39 is 0 Å². The molecule has 1 aromatic rings. The summed E-state index contributed by atoms with van der Waals surface area (Å²) in [5, 5.41) is 10.5. The second-order valence-corrected chi connectivity index (χ2v) is 4.67. The number of aromatic nitrogens is 2. The van der Waals surface area contributed by atoms with Gasteiger partial charge >= 0.3 is 0 Å². The van der Waals surface area contributed by atoms with Crippen molar-refractivity contribution in [2.75, 3.05) is 11.9 Å². The van der Waals surface area contributed by atoms with Crippen molar-refractivity contribution in [3.05, 3.63) is 11.8 Å². The minimum absolute atomic E-state index is 0.0710. The maximum Gasteiger partial charge on any atom is 0.225 e. The molecule has 1 aliphatic rings. The second-order valence-electron chi connectivity index (χ2n) is 4.67. The molecule has 94 valence electrons. The van der Waals surface area contributed by atoms with Crippen LogP contribution in [0.2, 0.25) is 0 Å². The van der Waals surface area contributed by atoms with Crippen LogP contribution in [0.25, 0.3) is 0 Å². The van der Waals surface area contributed by atoms with Crippen molar-refractivity contribution in [1.29, 1.82) is 0 Å². The van der Waals surface area contributed by atoms with Gasteiger partial charge in [-0.25, -0.2) is 0 Å². The van der Waals surface area contributed by atoms with E-state index in [0.717, 1.165) is 24.5 Å². The molecule has 1 aromatic heterocycles. The number of amides is 1. The first kappa shape index (κ1) is 12.1. The molecule has 0 saturated carbocycles. The van der Waals surface area contributed by atoms with Crippen LogP contribution < -0.4 is 10.6 Å². The first-order chi connectivity index (χ1) is 8.15. The summed E-state index contributed by atoms with van der Waals surface area (Å²) in [6.07, 6.45) is 3.91. The molecule has 1 atom stereocenters. The Balaban J connectivity index is 1.78. The first-order valence-electron chi connectivity index (χ1n) is 6.19. The van der Waals surface area contributed by atoms with Crippen LogP contribution in [-0.4, -0.2) is 28.3 Å². The molecule has 0 radical (unpaired) electrons. The summed E-state index contributed by atoms with van der Waals surface area (Å²) in [7, 11) is 1.83. The molecular weight excluding hydrogens is 216 g/mol. The number of nitrogens with zero attached hydrogens (tertiary/aromatic N) is 2. The number of nitrogens with one attached hydrogen (secondary N) is 2. The molecule has 5 nitrogen and oxygen atoms in total. The van der Waals surface area contributed by atoms with Gasteiger partial charge in [0.1, 0.15) is 5.82 Å². The molecule has 0 spiro atoms. The average molecular weight is 236 g/mol. The van der Waals surface area contributed by atoms with Crippen LogP contribution in [-0.2, 0) is 11.8 Å². The topological polar surface area (TPSA) is 59.0 Å². The molecule has 17 heavy (non-hydrogen) atoms. The van der Waals surface area contributed by atoms with Crippen LogP contribution in [0.4, 0.5) is 5.82 Å². The Morgan fingerprint density at radius 1 is 1.71 bits per heavy atom. The van der Waals surface area contributed by atoms with E-state index in [4.69, 9.17) is 0 Å². The molecule has 1 fully saturated rings. The zero-order valence-electron chi connectivity index (χ0n) is 10.5. The third kappa shape index (κ3) is 3.30. The largest absolute Gasteiger partial charge is 0.314 e. The fraction of sp³-hybridized carbons (Fsp3) is 0.667. The number of carbonyl (C=O) groups excluding carboxylic acids is 1. The van der Waals surface area contributed by atoms with Gasteiger partial charge in [0.25, 0.3) is 0 Å². The fourth-order valence-corrected chi connectivity index (χ4v) is 2.24. The van der Waals surface area contributed by atoms with Gasteiger partial charge in [0, 0.05) is 25.6 Å². The molecule has 1 aliphatic heterocycles. The molecule has 0 aromatic carbocycles. The smallest absolute Gasteiger partial charge is 0.225 e. The molecule has 0 bridgehead atoms. The predicted molar refractivity (Wildman–Crippen MR) is 66.8 cm³/mol. The summed E-state index contributed by atoms with van der Waals surface area (Å²) in [6, 6.07) is 2.40. The normalized spacial score (nSPS) is 19.5. The van der Waals surface area contributed by atoms with E-state index in [1.807, 2.05) is 20.0 Å². The third-order valence-corrected chi connectivity index (χ3v) is 3.15. The van der Waals surface area contributed by atoms with Crippen LogP contribution in [0.5, 0.6) is 0 Å². The number of anilines is 1. The summed E-state index contributed by atoms with van der Waals surface area (Å²) >= 11 is 0. The zero-order chi connectivity index (χ0) is 12.3. The Bertz CT molecular complexity index is 393. The van der Waals surface area contributed by atoms with Crippen molar-refractivity contribution in [3.8, 4) is 0 Å². The van der Waals surface area contributed by atoms with E-state index in [-0.39, 0.29) is 5.91 Å². The zero-order valence-corrected chi connectivity index (χ0v) is 10.5. The Morgan fingerprint density at radius 3 is 3.12 bits per heavy atom. The van der Waals surface area contributed by atoms with Gasteiger partial charge in [-0.05, 0) is 32.7 Å². The number of aryl methyl sites for hydroxylation is 2. The summed E-state index contributed by atoms with van der Waals surface area (Å²) in [6.45, 7) is 3.01. The number of hydrogen-bond acceptors (Lipinski definition) is 3. The van der Waals surface area contributed by atoms with Gasteiger partial charge in [-0.2, -0.15) is 5.10 Å². The van der Waals surface area contributed by atoms with E-state index in [2.05, 4.69) is 15.7 Å². The fourth-order valence-electron chi connectivity index (χ4n) is 2.24. The van der Waals surface area contributed by atoms with Crippen molar-refractivity contribution in [2.45, 2.75) is 38.6 Å². The van der Waals surface area contributed by atoms with Gasteiger partial charge < -0.3 is 10.6 Å². The minimum Gasteiger partial charge on any atom is -0.314 e. The molecule has 1 unspecified atom stereocenters. The summed E-state index contributed by atoms with van der Waals surface area (Å²) in [5.74, 6) is 0.841. The lowest BCUT2D eigenvalue weighted by molar-refractivity contribution is -0.116. The Morgan fingerprint density at radius 2 is 2.53 bits per heavy atom. The highest BCUT2D eigenvalue weighted by atomic mass is 16.1. The van der Waals surface area contributed by atoms with Crippen molar-refractivity contribution in [2.24, 2.45) is 7.05 Å². The van der Waals surface area contributed by atoms with Crippen molar-refractivity contribution in [1.82, 2.24) is 15.1 Å². The van der Waals surface area contributed by atoms with Gasteiger partial charge in [0.15, 0.2) is 0 Å². The second kappa shape index (κ2) is 5.31. The van der Waals surface area contributed by atoms with E-state index >= 15 is 0 Å². The van der Waals surface area contributed by atoms with Gasteiger partial charge in [-0.1, -0.05) is 0 Å². The summed E-state index contributed by atoms with van der Waals surface area (Å²) in [5.41, 5.74) is 0.917. The van der Waals surface area contributed by atoms with Crippen LogP contribution in [0, 0.1) is 6.92 Å². The predicted octanol–water partition coefficient (Wildman–Crippen LogP) is 1.20. The van der Waals surface area contributed by atoms with Crippen LogP contribution in [0.3, 0.4) is 0 Å². The van der Waals surface area contributed by atoms with Gasteiger partial charge in [-0.3, -0.25) is 9.48 Å². The summed E-state index contributed by atoms with van der Waals surface area (Å²) in [4.78, 5) is 11.8. The maximum absolute atomic E-state index is 11.8. The highest BCUT2D eigenvalue weighted by Crippen LogP contribution is 2.12. The molecule has 1 saturated heterocycles. The Hall–Kier alpha value is -1.36. The molecular formula is C12H20N4O. The SMILES string of the molecule is Cc1cc(NC(=O)CCC2CCCN2)n(C)n1. The minimum atomic E-state index is 0.0710. The molecule has 2 rings (SSSR count). The van der Waals surface area contributed by atoms with Crippen molar-refractivity contribution >= 4 is 11.7 Å².